The van der Waals surface area contributed by atoms with Gasteiger partial charge in [0.05, 0.1) is 6.61 Å². The van der Waals surface area contributed by atoms with Crippen molar-refractivity contribution >= 4 is 0 Å². The molecule has 2 N–H and O–H groups in total. The first kappa shape index (κ1) is 19.2. The predicted octanol–water partition coefficient (Wildman–Crippen LogP) is 5.33. The van der Waals surface area contributed by atoms with Crippen LogP contribution in [0.2, 0.25) is 0 Å². The van der Waals surface area contributed by atoms with E-state index in [1.54, 1.807) is 6.07 Å². The number of rotatable bonds is 9. The highest BCUT2D eigenvalue weighted by Crippen LogP contribution is 2.18. The van der Waals surface area contributed by atoms with E-state index >= 15 is 0 Å². The summed E-state index contributed by atoms with van der Waals surface area (Å²) in [6, 6.07) is 7.50. The van der Waals surface area contributed by atoms with Gasteiger partial charge in [0.15, 0.2) is 0 Å². The van der Waals surface area contributed by atoms with Crippen LogP contribution in [0.3, 0.4) is 0 Å². The molecule has 0 unspecified atom stereocenters. The van der Waals surface area contributed by atoms with Crippen LogP contribution in [0.25, 0.3) is 0 Å². The van der Waals surface area contributed by atoms with Gasteiger partial charge < -0.3 is 10.2 Å². The Morgan fingerprint density at radius 1 is 0.870 bits per heavy atom. The zero-order valence-electron chi connectivity index (χ0n) is 14.7. The van der Waals surface area contributed by atoms with E-state index in [1.165, 1.54) is 11.1 Å². The molecular formula is C21H30O2. The fourth-order valence-electron chi connectivity index (χ4n) is 2.33. The molecule has 2 nitrogen and oxygen atoms in total. The molecule has 0 fully saturated rings. The fraction of sp³-hybridized carbons (Fsp3) is 0.429. The Bertz CT molecular complexity index is 565. The van der Waals surface area contributed by atoms with Crippen LogP contribution in [0.5, 0.6) is 5.75 Å². The third-order valence-electron chi connectivity index (χ3n) is 3.97. The molecule has 0 aliphatic rings. The van der Waals surface area contributed by atoms with Crippen molar-refractivity contribution in [1.82, 2.24) is 0 Å². The quantitative estimate of drug-likeness (QED) is 0.605. The first-order chi connectivity index (χ1) is 11.0. The van der Waals surface area contributed by atoms with Gasteiger partial charge >= 0.3 is 0 Å². The lowest BCUT2D eigenvalue weighted by molar-refractivity contribution is 0.331. The number of benzene rings is 1. The third kappa shape index (κ3) is 8.41. The molecule has 0 saturated carbocycles. The maximum atomic E-state index is 9.75. The molecule has 0 saturated heterocycles. The monoisotopic (exact) mass is 314 g/mol. The number of phenols is 1. The molecule has 0 spiro atoms. The molecular weight excluding hydrogens is 284 g/mol. The van der Waals surface area contributed by atoms with Gasteiger partial charge in [-0.1, -0.05) is 53.1 Å². The molecule has 0 atom stereocenters. The minimum absolute atomic E-state index is 0.156. The second-order valence-electron chi connectivity index (χ2n) is 6.22. The Balaban J connectivity index is 2.35. The van der Waals surface area contributed by atoms with Gasteiger partial charge in [0.1, 0.15) is 5.75 Å². The first-order valence-corrected chi connectivity index (χ1v) is 8.37. The largest absolute Gasteiger partial charge is 0.508 e. The number of hydrogen-bond donors (Lipinski definition) is 2. The van der Waals surface area contributed by atoms with Gasteiger partial charge in [-0.3, -0.25) is 0 Å². The van der Waals surface area contributed by atoms with Crippen LogP contribution in [0.4, 0.5) is 0 Å². The van der Waals surface area contributed by atoms with Gasteiger partial charge in [0.25, 0.3) is 0 Å². The van der Waals surface area contributed by atoms with Gasteiger partial charge in [0, 0.05) is 0 Å². The van der Waals surface area contributed by atoms with E-state index in [0.717, 1.165) is 43.2 Å². The van der Waals surface area contributed by atoms with E-state index in [4.69, 9.17) is 5.11 Å². The Hall–Kier alpha value is -1.80. The summed E-state index contributed by atoms with van der Waals surface area (Å²) >= 11 is 0. The summed E-state index contributed by atoms with van der Waals surface area (Å²) in [5.41, 5.74) is 4.78. The topological polar surface area (TPSA) is 40.5 Å². The number of aliphatic hydroxyl groups excluding tert-OH is 1. The maximum Gasteiger partial charge on any atom is 0.119 e. The highest BCUT2D eigenvalue weighted by molar-refractivity contribution is 5.33. The van der Waals surface area contributed by atoms with Crippen LogP contribution in [0.15, 0.2) is 59.2 Å². The van der Waals surface area contributed by atoms with Gasteiger partial charge in [-0.15, -0.1) is 0 Å². The number of hydrogen-bond acceptors (Lipinski definition) is 2. The minimum atomic E-state index is 0.156. The summed E-state index contributed by atoms with van der Waals surface area (Å²) in [4.78, 5) is 0. The summed E-state index contributed by atoms with van der Waals surface area (Å²) in [7, 11) is 0. The molecule has 1 rings (SSSR count). The number of aliphatic hydroxyl groups is 1. The maximum absolute atomic E-state index is 9.75. The lowest BCUT2D eigenvalue weighted by atomic mass is 10.0. The predicted molar refractivity (Wildman–Crippen MR) is 98.6 cm³/mol. The van der Waals surface area contributed by atoms with Gasteiger partial charge in [-0.25, -0.2) is 0 Å². The number of para-hydroxylation sites is 1. The van der Waals surface area contributed by atoms with E-state index in [-0.39, 0.29) is 6.61 Å². The summed E-state index contributed by atoms with van der Waals surface area (Å²) in [5.74, 6) is 0.374. The lowest BCUT2D eigenvalue weighted by Crippen LogP contribution is -1.86. The van der Waals surface area contributed by atoms with E-state index in [0.29, 0.717) is 5.75 Å². The van der Waals surface area contributed by atoms with Crippen LogP contribution >= 0.6 is 0 Å². The Kier molecular flexibility index (Phi) is 9.08. The molecule has 0 amide bonds. The molecule has 0 aliphatic heterocycles. The van der Waals surface area contributed by atoms with Crippen molar-refractivity contribution in [3.05, 3.63) is 64.8 Å². The molecule has 0 aromatic heterocycles. The fourth-order valence-corrected chi connectivity index (χ4v) is 2.33. The molecule has 0 radical (unpaired) electrons. The molecule has 2 heteroatoms. The molecule has 0 heterocycles. The molecule has 23 heavy (non-hydrogen) atoms. The smallest absolute Gasteiger partial charge is 0.119 e. The van der Waals surface area contributed by atoms with Crippen molar-refractivity contribution in [2.24, 2.45) is 0 Å². The zero-order chi connectivity index (χ0) is 17.1. The first-order valence-electron chi connectivity index (χ1n) is 8.37. The van der Waals surface area contributed by atoms with Crippen molar-refractivity contribution in [3.8, 4) is 5.75 Å². The van der Waals surface area contributed by atoms with E-state index in [1.807, 2.05) is 25.1 Å². The summed E-state index contributed by atoms with van der Waals surface area (Å²) < 4.78 is 0. The van der Waals surface area contributed by atoms with Crippen LogP contribution in [0, 0.1) is 0 Å². The number of aromatic hydroxyl groups is 1. The van der Waals surface area contributed by atoms with Crippen LogP contribution in [-0.2, 0) is 6.42 Å². The Morgan fingerprint density at radius 2 is 1.43 bits per heavy atom. The average Bonchev–Trinajstić information content (AvgIpc) is 2.54. The van der Waals surface area contributed by atoms with Gasteiger partial charge in [-0.2, -0.15) is 0 Å². The third-order valence-corrected chi connectivity index (χ3v) is 3.97. The van der Waals surface area contributed by atoms with Crippen molar-refractivity contribution < 1.29 is 10.2 Å². The number of allylic oxidation sites excluding steroid dienone is 5. The van der Waals surface area contributed by atoms with E-state index in [2.05, 4.69) is 32.1 Å². The molecule has 126 valence electrons. The minimum Gasteiger partial charge on any atom is -0.508 e. The molecule has 0 aliphatic carbocycles. The second kappa shape index (κ2) is 10.8. The zero-order valence-corrected chi connectivity index (χ0v) is 14.7. The highest BCUT2D eigenvalue weighted by Gasteiger charge is 1.97. The Labute approximate surface area is 140 Å². The summed E-state index contributed by atoms with van der Waals surface area (Å²) in [6.07, 6.45) is 11.6. The van der Waals surface area contributed by atoms with Crippen LogP contribution < -0.4 is 0 Å². The van der Waals surface area contributed by atoms with E-state index in [9.17, 15) is 5.11 Å². The summed E-state index contributed by atoms with van der Waals surface area (Å²) in [6.45, 7) is 6.43. The normalized spacial score (nSPS) is 13.5. The molecule has 0 bridgehead atoms. The standard InChI is InChI=1S/C21H30O2/c1-17(9-7-11-19(3)16-22)8-6-10-18(2)14-15-20-12-4-5-13-21(20)23/h4-5,8,11-14,22-23H,6-7,9-10,15-16H2,1-3H3/b17-8+,18-14+,19-11+. The van der Waals surface area contributed by atoms with Crippen LogP contribution in [0.1, 0.15) is 52.0 Å². The van der Waals surface area contributed by atoms with E-state index < -0.39 is 0 Å². The average molecular weight is 314 g/mol. The molecule has 1 aromatic carbocycles. The Morgan fingerprint density at radius 3 is 2.04 bits per heavy atom. The van der Waals surface area contributed by atoms with Crippen molar-refractivity contribution in [2.45, 2.75) is 52.9 Å². The van der Waals surface area contributed by atoms with Gasteiger partial charge in [-0.05, 0) is 64.5 Å². The second-order valence-corrected chi connectivity index (χ2v) is 6.22. The highest BCUT2D eigenvalue weighted by atomic mass is 16.3. The SMILES string of the molecule is C/C(=C\CC/C(C)=C/CC/C(C)=C/Cc1ccccc1O)CO. The molecule has 1 aromatic rings. The van der Waals surface area contributed by atoms with Crippen molar-refractivity contribution in [2.75, 3.05) is 6.61 Å². The van der Waals surface area contributed by atoms with Crippen molar-refractivity contribution in [3.63, 3.8) is 0 Å². The number of phenolic OH excluding ortho intramolecular Hbond substituents is 1. The van der Waals surface area contributed by atoms with Crippen molar-refractivity contribution in [1.29, 1.82) is 0 Å². The lowest BCUT2D eigenvalue weighted by Gasteiger charge is -2.03. The van der Waals surface area contributed by atoms with Gasteiger partial charge in [0.2, 0.25) is 0 Å². The summed E-state index contributed by atoms with van der Waals surface area (Å²) in [5, 5.41) is 18.7. The van der Waals surface area contributed by atoms with Crippen LogP contribution in [-0.4, -0.2) is 16.8 Å².